The lowest BCUT2D eigenvalue weighted by atomic mass is 10.0. The highest BCUT2D eigenvalue weighted by Crippen LogP contribution is 2.24. The van der Waals surface area contributed by atoms with E-state index in [4.69, 9.17) is 0 Å². The first-order valence-electron chi connectivity index (χ1n) is 21.0. The molecule has 262 valence electrons. The van der Waals surface area contributed by atoms with E-state index in [-0.39, 0.29) is 0 Å². The Morgan fingerprint density at radius 2 is 0.523 bits per heavy atom. The molecule has 0 saturated carbocycles. The molecule has 1 rings (SSSR count). The number of unbranched alkanes of at least 4 members (excludes halogenated alkanes) is 30. The van der Waals surface area contributed by atoms with Crippen molar-refractivity contribution in [3.05, 3.63) is 12.4 Å². The van der Waals surface area contributed by atoms with E-state index in [0.717, 1.165) is 0 Å². The molecular weight excluding hydrogens is 532 g/mol. The molecule has 1 aliphatic rings. The maximum atomic E-state index is 2.72. The van der Waals surface area contributed by atoms with Gasteiger partial charge in [0.05, 0.1) is 0 Å². The monoisotopic (exact) mass is 617 g/mol. The second-order valence-corrected chi connectivity index (χ2v) is 14.6. The molecule has 0 amide bonds. The van der Waals surface area contributed by atoms with Crippen molar-refractivity contribution in [3.63, 3.8) is 0 Å². The molecule has 2 nitrogen and oxygen atoms in total. The van der Waals surface area contributed by atoms with Crippen LogP contribution in [0, 0.1) is 0 Å². The third kappa shape index (κ3) is 25.5. The standard InChI is InChI=1S/C42H84N2/c1-4-7-10-13-16-19-20-21-22-23-24-25-28-31-34-37-42-43(38-35-32-29-26-17-14-11-8-5-2)40-41-44(42)39-36-33-30-27-18-15-12-9-6-3/h40-42H,4-39H2,1-3H3. The summed E-state index contributed by atoms with van der Waals surface area (Å²) in [6.07, 6.45) is 54.4. The fraction of sp³-hybridized carbons (Fsp3) is 0.952. The average molecular weight is 617 g/mol. The molecule has 0 radical (unpaired) electrons. The largest absolute Gasteiger partial charge is 0.356 e. The first-order valence-corrected chi connectivity index (χ1v) is 21.0. The summed E-state index contributed by atoms with van der Waals surface area (Å²) in [6.45, 7) is 9.48. The van der Waals surface area contributed by atoms with E-state index >= 15 is 0 Å². The van der Waals surface area contributed by atoms with Crippen molar-refractivity contribution in [2.45, 2.75) is 245 Å². The van der Waals surface area contributed by atoms with Crippen LogP contribution in [0.15, 0.2) is 12.4 Å². The first kappa shape index (κ1) is 41.4. The van der Waals surface area contributed by atoms with E-state index in [9.17, 15) is 0 Å². The van der Waals surface area contributed by atoms with Gasteiger partial charge in [-0.05, 0) is 25.7 Å². The maximum absolute atomic E-state index is 2.72. The molecule has 0 aliphatic carbocycles. The van der Waals surface area contributed by atoms with E-state index in [2.05, 4.69) is 43.0 Å². The maximum Gasteiger partial charge on any atom is 0.101 e. The molecule has 0 fully saturated rings. The van der Waals surface area contributed by atoms with Crippen LogP contribution in [0.2, 0.25) is 0 Å². The van der Waals surface area contributed by atoms with Gasteiger partial charge in [-0.2, -0.15) is 0 Å². The molecule has 2 heteroatoms. The molecule has 0 bridgehead atoms. The predicted molar refractivity (Wildman–Crippen MR) is 200 cm³/mol. The third-order valence-electron chi connectivity index (χ3n) is 10.3. The van der Waals surface area contributed by atoms with Gasteiger partial charge in [0.1, 0.15) is 6.17 Å². The zero-order chi connectivity index (χ0) is 31.6. The van der Waals surface area contributed by atoms with Gasteiger partial charge in [-0.25, -0.2) is 0 Å². The minimum atomic E-state index is 0.639. The molecule has 1 aliphatic heterocycles. The smallest absolute Gasteiger partial charge is 0.101 e. The van der Waals surface area contributed by atoms with Crippen molar-refractivity contribution >= 4 is 0 Å². The Bertz CT molecular complexity index is 540. The van der Waals surface area contributed by atoms with Crippen molar-refractivity contribution in [2.75, 3.05) is 13.1 Å². The van der Waals surface area contributed by atoms with Crippen LogP contribution in [0.25, 0.3) is 0 Å². The zero-order valence-electron chi connectivity index (χ0n) is 31.1. The summed E-state index contributed by atoms with van der Waals surface area (Å²) in [7, 11) is 0. The summed E-state index contributed by atoms with van der Waals surface area (Å²) >= 11 is 0. The molecule has 0 aromatic carbocycles. The van der Waals surface area contributed by atoms with Crippen LogP contribution in [0.4, 0.5) is 0 Å². The number of nitrogens with zero attached hydrogens (tertiary/aromatic N) is 2. The Kier molecular flexibility index (Phi) is 31.7. The van der Waals surface area contributed by atoms with E-state index < -0.39 is 0 Å². The van der Waals surface area contributed by atoms with Crippen LogP contribution >= 0.6 is 0 Å². The number of hydrogen-bond donors (Lipinski definition) is 0. The lowest BCUT2D eigenvalue weighted by Gasteiger charge is -2.33. The number of hydrogen-bond acceptors (Lipinski definition) is 2. The molecule has 0 spiro atoms. The summed E-state index contributed by atoms with van der Waals surface area (Å²) in [5.74, 6) is 0. The van der Waals surface area contributed by atoms with Gasteiger partial charge in [0, 0.05) is 25.5 Å². The van der Waals surface area contributed by atoms with Crippen LogP contribution in [-0.4, -0.2) is 29.1 Å². The van der Waals surface area contributed by atoms with E-state index in [1.54, 1.807) is 0 Å². The average Bonchev–Trinajstić information content (AvgIpc) is 3.42. The van der Waals surface area contributed by atoms with Gasteiger partial charge >= 0.3 is 0 Å². The molecular formula is C42H84N2. The molecule has 1 heterocycles. The Morgan fingerprint density at radius 1 is 0.295 bits per heavy atom. The summed E-state index contributed by atoms with van der Waals surface area (Å²) in [6, 6.07) is 0. The summed E-state index contributed by atoms with van der Waals surface area (Å²) in [4.78, 5) is 5.44. The van der Waals surface area contributed by atoms with Gasteiger partial charge in [0.2, 0.25) is 0 Å². The van der Waals surface area contributed by atoms with Gasteiger partial charge < -0.3 is 9.80 Å². The van der Waals surface area contributed by atoms with Gasteiger partial charge in [0.15, 0.2) is 0 Å². The van der Waals surface area contributed by atoms with Crippen molar-refractivity contribution in [3.8, 4) is 0 Å². The SMILES string of the molecule is CCCCCCCCCCCCCCCCCC1N(CCCCCCCCCCC)C=CN1CCCCCCCCCCC. The van der Waals surface area contributed by atoms with Gasteiger partial charge in [0.25, 0.3) is 0 Å². The van der Waals surface area contributed by atoms with Crippen LogP contribution < -0.4 is 0 Å². The van der Waals surface area contributed by atoms with Crippen LogP contribution in [-0.2, 0) is 0 Å². The zero-order valence-corrected chi connectivity index (χ0v) is 31.1. The Labute approximate surface area is 280 Å². The fourth-order valence-electron chi connectivity index (χ4n) is 7.25. The molecule has 0 unspecified atom stereocenters. The molecule has 44 heavy (non-hydrogen) atoms. The highest BCUT2D eigenvalue weighted by molar-refractivity contribution is 4.97. The Morgan fingerprint density at radius 3 is 0.795 bits per heavy atom. The second-order valence-electron chi connectivity index (χ2n) is 14.6. The van der Waals surface area contributed by atoms with Gasteiger partial charge in [-0.1, -0.05) is 213 Å². The van der Waals surface area contributed by atoms with Crippen molar-refractivity contribution in [1.82, 2.24) is 9.80 Å². The molecule has 0 aromatic heterocycles. The van der Waals surface area contributed by atoms with E-state index in [0.29, 0.717) is 6.17 Å². The van der Waals surface area contributed by atoms with Gasteiger partial charge in [-0.3, -0.25) is 0 Å². The lowest BCUT2D eigenvalue weighted by molar-refractivity contribution is 0.135. The topological polar surface area (TPSA) is 6.48 Å². The van der Waals surface area contributed by atoms with Crippen LogP contribution in [0.1, 0.15) is 239 Å². The normalized spacial score (nSPS) is 13.6. The molecule has 0 saturated heterocycles. The van der Waals surface area contributed by atoms with Crippen molar-refractivity contribution in [1.29, 1.82) is 0 Å². The van der Waals surface area contributed by atoms with Crippen LogP contribution in [0.5, 0.6) is 0 Å². The van der Waals surface area contributed by atoms with E-state index in [1.807, 2.05) is 0 Å². The quantitative estimate of drug-likeness (QED) is 0.0646. The van der Waals surface area contributed by atoms with E-state index in [1.165, 1.54) is 231 Å². The van der Waals surface area contributed by atoms with Crippen molar-refractivity contribution < 1.29 is 0 Å². The molecule has 0 aromatic rings. The second kappa shape index (κ2) is 33.7. The summed E-state index contributed by atoms with van der Waals surface area (Å²) < 4.78 is 0. The molecule has 0 atom stereocenters. The minimum Gasteiger partial charge on any atom is -0.356 e. The highest BCUT2D eigenvalue weighted by Gasteiger charge is 2.24. The number of rotatable bonds is 36. The third-order valence-corrected chi connectivity index (χ3v) is 10.3. The highest BCUT2D eigenvalue weighted by atomic mass is 15.4. The van der Waals surface area contributed by atoms with Gasteiger partial charge in [-0.15, -0.1) is 0 Å². The summed E-state index contributed by atoms with van der Waals surface area (Å²) in [5, 5.41) is 0. The fourth-order valence-corrected chi connectivity index (χ4v) is 7.25. The predicted octanol–water partition coefficient (Wildman–Crippen LogP) is 14.7. The lowest BCUT2D eigenvalue weighted by Crippen LogP contribution is -2.39. The van der Waals surface area contributed by atoms with Crippen LogP contribution in [0.3, 0.4) is 0 Å². The summed E-state index contributed by atoms with van der Waals surface area (Å²) in [5.41, 5.74) is 0. The Hall–Kier alpha value is -0.660. The minimum absolute atomic E-state index is 0.639. The molecule has 0 N–H and O–H groups in total. The first-order chi connectivity index (χ1) is 21.8. The van der Waals surface area contributed by atoms with Crippen molar-refractivity contribution in [2.24, 2.45) is 0 Å². The Balaban J connectivity index is 2.20.